The van der Waals surface area contributed by atoms with Crippen molar-refractivity contribution in [1.29, 1.82) is 0 Å². The van der Waals surface area contributed by atoms with E-state index in [1.54, 1.807) is 0 Å². The molecule has 38 heavy (non-hydrogen) atoms. The molecular formula is C34H31BN2Si. The lowest BCUT2D eigenvalue weighted by Crippen LogP contribution is -2.62. The second kappa shape index (κ2) is 8.50. The van der Waals surface area contributed by atoms with Gasteiger partial charge in [-0.25, -0.2) is 0 Å². The minimum atomic E-state index is -1.52. The van der Waals surface area contributed by atoms with Crippen LogP contribution in [0.3, 0.4) is 0 Å². The Balaban J connectivity index is 1.60. The van der Waals surface area contributed by atoms with Gasteiger partial charge < -0.3 is 9.80 Å². The molecule has 0 aliphatic carbocycles. The first kappa shape index (κ1) is 23.1. The van der Waals surface area contributed by atoms with Gasteiger partial charge in [0.25, 0.3) is 6.71 Å². The number of anilines is 6. The van der Waals surface area contributed by atoms with E-state index < -0.39 is 8.07 Å². The van der Waals surface area contributed by atoms with E-state index in [2.05, 4.69) is 152 Å². The average Bonchev–Trinajstić information content (AvgIpc) is 2.93. The summed E-state index contributed by atoms with van der Waals surface area (Å²) in [5.41, 5.74) is 12.9. The zero-order valence-electron chi connectivity index (χ0n) is 22.4. The van der Waals surface area contributed by atoms with E-state index in [0.29, 0.717) is 0 Å². The van der Waals surface area contributed by atoms with Gasteiger partial charge in [-0.05, 0) is 77.4 Å². The lowest BCUT2D eigenvalue weighted by atomic mass is 9.33. The van der Waals surface area contributed by atoms with Crippen LogP contribution < -0.4 is 31.4 Å². The Morgan fingerprint density at radius 3 is 1.63 bits per heavy atom. The minimum absolute atomic E-state index is 0.183. The van der Waals surface area contributed by atoms with Crippen molar-refractivity contribution in [3.8, 4) is 0 Å². The predicted octanol–water partition coefficient (Wildman–Crippen LogP) is 6.62. The van der Waals surface area contributed by atoms with Crippen molar-refractivity contribution in [3.63, 3.8) is 0 Å². The molecule has 0 aromatic heterocycles. The Bertz CT molecular complexity index is 1660. The Labute approximate surface area is 227 Å². The maximum Gasteiger partial charge on any atom is 0.252 e. The quantitative estimate of drug-likeness (QED) is 0.249. The molecule has 0 atom stereocenters. The maximum atomic E-state index is 2.53. The van der Waals surface area contributed by atoms with Gasteiger partial charge in [-0.2, -0.15) is 0 Å². The zero-order chi connectivity index (χ0) is 26.0. The number of fused-ring (bicyclic) bond motifs is 4. The normalized spacial score (nSPS) is 13.6. The van der Waals surface area contributed by atoms with Gasteiger partial charge >= 0.3 is 0 Å². The van der Waals surface area contributed by atoms with Gasteiger partial charge in [0.1, 0.15) is 0 Å². The van der Waals surface area contributed by atoms with Gasteiger partial charge in [-0.1, -0.05) is 91.6 Å². The highest BCUT2D eigenvalue weighted by atomic mass is 28.3. The van der Waals surface area contributed by atoms with Crippen LogP contribution in [0, 0.1) is 6.92 Å². The van der Waals surface area contributed by atoms with Crippen LogP contribution in [0.15, 0.2) is 115 Å². The molecule has 2 heterocycles. The van der Waals surface area contributed by atoms with Crippen LogP contribution in [0.25, 0.3) is 0 Å². The van der Waals surface area contributed by atoms with Gasteiger partial charge in [0.15, 0.2) is 0 Å². The van der Waals surface area contributed by atoms with Crippen molar-refractivity contribution < 1.29 is 0 Å². The summed E-state index contributed by atoms with van der Waals surface area (Å²) < 4.78 is 0. The molecule has 0 fully saturated rings. The molecule has 2 aliphatic heterocycles. The number of aryl methyl sites for hydroxylation is 1. The smallest absolute Gasteiger partial charge is 0.252 e. The number of nitrogens with zero attached hydrogens (tertiary/aromatic N) is 2. The summed E-state index contributed by atoms with van der Waals surface area (Å²) >= 11 is 0. The fourth-order valence-electron chi connectivity index (χ4n) is 6.27. The molecule has 5 aromatic carbocycles. The number of hydrogen-bond donors (Lipinski definition) is 0. The molecule has 2 aliphatic rings. The molecule has 2 nitrogen and oxygen atoms in total. The van der Waals surface area contributed by atoms with Crippen LogP contribution in [-0.4, -0.2) is 14.8 Å². The number of benzene rings is 5. The third-order valence-electron chi connectivity index (χ3n) is 8.01. The lowest BCUT2D eigenvalue weighted by molar-refractivity contribution is 1.24. The summed E-state index contributed by atoms with van der Waals surface area (Å²) in [6.45, 7) is 9.74. The van der Waals surface area contributed by atoms with Crippen molar-refractivity contribution in [3.05, 3.63) is 121 Å². The first-order valence-corrected chi connectivity index (χ1v) is 17.0. The van der Waals surface area contributed by atoms with E-state index in [9.17, 15) is 0 Å². The number of hydrogen-bond acceptors (Lipinski definition) is 2. The molecule has 0 amide bonds. The predicted molar refractivity (Wildman–Crippen MR) is 168 cm³/mol. The van der Waals surface area contributed by atoms with Gasteiger partial charge in [-0.3, -0.25) is 0 Å². The largest absolute Gasteiger partial charge is 0.311 e. The van der Waals surface area contributed by atoms with Gasteiger partial charge in [-0.15, -0.1) is 0 Å². The summed E-state index contributed by atoms with van der Waals surface area (Å²) in [5.74, 6) is 0. The molecule has 0 N–H and O–H groups in total. The van der Waals surface area contributed by atoms with E-state index in [4.69, 9.17) is 0 Å². The van der Waals surface area contributed by atoms with E-state index in [1.807, 2.05) is 0 Å². The number of para-hydroxylation sites is 3. The Hall–Kier alpha value is -4.02. The Morgan fingerprint density at radius 2 is 1.05 bits per heavy atom. The number of rotatable bonds is 3. The summed E-state index contributed by atoms with van der Waals surface area (Å²) in [4.78, 5) is 4.96. The third-order valence-corrected chi connectivity index (χ3v) is 10.1. The third kappa shape index (κ3) is 3.48. The first-order valence-electron chi connectivity index (χ1n) is 13.5. The molecule has 0 bridgehead atoms. The molecule has 0 unspecified atom stereocenters. The van der Waals surface area contributed by atoms with Gasteiger partial charge in [0.2, 0.25) is 0 Å². The van der Waals surface area contributed by atoms with E-state index in [1.165, 1.54) is 61.3 Å². The molecule has 0 saturated carbocycles. The Morgan fingerprint density at radius 1 is 0.526 bits per heavy atom. The molecule has 0 spiro atoms. The van der Waals surface area contributed by atoms with Crippen LogP contribution in [0.2, 0.25) is 19.6 Å². The highest BCUT2D eigenvalue weighted by Gasteiger charge is 2.43. The van der Waals surface area contributed by atoms with Crippen molar-refractivity contribution >= 4 is 70.5 Å². The van der Waals surface area contributed by atoms with Crippen molar-refractivity contribution in [1.82, 2.24) is 0 Å². The standard InChI is InChI=1S/C34H31BN2Si/c1-24-21-32-34-33(22-24)37(26-15-9-6-10-16-26)31-20-19-27(38(2,3)4)23-29(31)35(34)28-17-11-12-18-30(28)36(32)25-13-7-5-8-14-25/h5-23H,1-4H3. The molecule has 4 heteroatoms. The lowest BCUT2D eigenvalue weighted by Gasteiger charge is -2.44. The van der Waals surface area contributed by atoms with Crippen molar-refractivity contribution in [2.45, 2.75) is 26.6 Å². The summed E-state index contributed by atoms with van der Waals surface area (Å²) in [6, 6.07) is 42.7. The fourth-order valence-corrected chi connectivity index (χ4v) is 7.44. The molecule has 0 radical (unpaired) electrons. The fraction of sp³-hybridized carbons (Fsp3) is 0.118. The van der Waals surface area contributed by atoms with E-state index >= 15 is 0 Å². The Kier molecular flexibility index (Phi) is 5.18. The van der Waals surface area contributed by atoms with Gasteiger partial charge in [0.05, 0.1) is 8.07 Å². The van der Waals surface area contributed by atoms with Gasteiger partial charge in [0, 0.05) is 34.1 Å². The van der Waals surface area contributed by atoms with Crippen molar-refractivity contribution in [2.24, 2.45) is 0 Å². The first-order chi connectivity index (χ1) is 18.4. The summed E-state index contributed by atoms with van der Waals surface area (Å²) in [7, 11) is -1.52. The molecular weight excluding hydrogens is 475 g/mol. The second-order valence-corrected chi connectivity index (χ2v) is 16.7. The summed E-state index contributed by atoms with van der Waals surface area (Å²) in [5, 5.41) is 1.50. The van der Waals surface area contributed by atoms with Crippen LogP contribution in [-0.2, 0) is 0 Å². The zero-order valence-corrected chi connectivity index (χ0v) is 23.4. The topological polar surface area (TPSA) is 6.48 Å². The average molecular weight is 507 g/mol. The summed E-state index contributed by atoms with van der Waals surface area (Å²) in [6.07, 6.45) is 0. The van der Waals surface area contributed by atoms with Crippen molar-refractivity contribution in [2.75, 3.05) is 9.80 Å². The SMILES string of the molecule is Cc1cc2c3c(c1)N(c1ccccc1)c1ccc([Si](C)(C)C)cc1B3c1ccccc1N2c1ccccc1. The highest BCUT2D eigenvalue weighted by Crippen LogP contribution is 2.44. The van der Waals surface area contributed by atoms with E-state index in [0.717, 1.165) is 0 Å². The van der Waals surface area contributed by atoms with Crippen LogP contribution in [0.1, 0.15) is 5.56 Å². The molecule has 184 valence electrons. The van der Waals surface area contributed by atoms with E-state index in [-0.39, 0.29) is 6.71 Å². The second-order valence-electron chi connectivity index (χ2n) is 11.6. The highest BCUT2D eigenvalue weighted by molar-refractivity contribution is 7.01. The molecule has 7 rings (SSSR count). The molecule has 5 aromatic rings. The minimum Gasteiger partial charge on any atom is -0.311 e. The maximum absolute atomic E-state index is 2.53. The van der Waals surface area contributed by atoms with Crippen LogP contribution >= 0.6 is 0 Å². The van der Waals surface area contributed by atoms with Crippen LogP contribution in [0.4, 0.5) is 34.1 Å². The molecule has 0 saturated heterocycles. The van der Waals surface area contributed by atoms with Crippen LogP contribution in [0.5, 0.6) is 0 Å². The monoisotopic (exact) mass is 506 g/mol.